The lowest BCUT2D eigenvalue weighted by molar-refractivity contribution is 0.597. The van der Waals surface area contributed by atoms with Crippen LogP contribution < -0.4 is 5.32 Å². The van der Waals surface area contributed by atoms with Gasteiger partial charge in [-0.15, -0.1) is 0 Å². The molecule has 3 nitrogen and oxygen atoms in total. The van der Waals surface area contributed by atoms with Crippen LogP contribution in [0.4, 0.5) is 0 Å². The molecule has 1 unspecified atom stereocenters. The molecule has 1 rings (SSSR count). The first-order valence-electron chi connectivity index (χ1n) is 4.51. The van der Waals surface area contributed by atoms with Crippen LogP contribution in [0.5, 0.6) is 0 Å². The zero-order chi connectivity index (χ0) is 9.68. The van der Waals surface area contributed by atoms with E-state index in [9.17, 15) is 0 Å². The number of rotatable bonds is 5. The second-order valence-electron chi connectivity index (χ2n) is 3.15. The zero-order valence-electron chi connectivity index (χ0n) is 8.45. The molecule has 0 saturated carbocycles. The van der Waals surface area contributed by atoms with Crippen molar-refractivity contribution in [1.82, 2.24) is 14.9 Å². The lowest BCUT2D eigenvalue weighted by atomic mass is 10.3. The highest BCUT2D eigenvalue weighted by molar-refractivity contribution is 7.99. The van der Waals surface area contributed by atoms with Crippen molar-refractivity contribution >= 4 is 11.8 Å². The van der Waals surface area contributed by atoms with Crippen LogP contribution in [0.3, 0.4) is 0 Å². The Kier molecular flexibility index (Phi) is 4.32. The average Bonchev–Trinajstić information content (AvgIpc) is 2.52. The van der Waals surface area contributed by atoms with E-state index < -0.39 is 0 Å². The normalized spacial score (nSPS) is 13.2. The van der Waals surface area contributed by atoms with E-state index in [2.05, 4.69) is 21.8 Å². The number of hydrogen-bond donors (Lipinski definition) is 1. The summed E-state index contributed by atoms with van der Waals surface area (Å²) in [6.07, 6.45) is 4.99. The Morgan fingerprint density at radius 3 is 3.00 bits per heavy atom. The van der Waals surface area contributed by atoms with E-state index >= 15 is 0 Å². The van der Waals surface area contributed by atoms with E-state index in [0.717, 1.165) is 10.9 Å². The second-order valence-corrected chi connectivity index (χ2v) is 4.21. The fraction of sp³-hybridized carbons (Fsp3) is 0.667. The molecule has 0 spiro atoms. The number of aromatic nitrogens is 2. The molecule has 1 atom stereocenters. The third-order valence-electron chi connectivity index (χ3n) is 2.05. The molecule has 0 aliphatic rings. The van der Waals surface area contributed by atoms with Crippen LogP contribution in [0.2, 0.25) is 0 Å². The number of nitrogens with one attached hydrogen (secondary N) is 1. The maximum atomic E-state index is 4.24. The number of imidazole rings is 1. The van der Waals surface area contributed by atoms with Crippen LogP contribution in [-0.4, -0.2) is 28.4 Å². The molecule has 0 amide bonds. The molecule has 0 bridgehead atoms. The predicted octanol–water partition coefficient (Wildman–Crippen LogP) is 1.51. The zero-order valence-corrected chi connectivity index (χ0v) is 9.27. The van der Waals surface area contributed by atoms with E-state index in [4.69, 9.17) is 0 Å². The van der Waals surface area contributed by atoms with Crippen LogP contribution in [0.1, 0.15) is 13.3 Å². The van der Waals surface area contributed by atoms with Gasteiger partial charge in [0.25, 0.3) is 0 Å². The van der Waals surface area contributed by atoms with E-state index in [1.807, 2.05) is 38.3 Å². The van der Waals surface area contributed by atoms with Gasteiger partial charge in [-0.2, -0.15) is 0 Å². The Hall–Kier alpha value is -0.480. The summed E-state index contributed by atoms with van der Waals surface area (Å²) in [5, 5.41) is 4.32. The van der Waals surface area contributed by atoms with Gasteiger partial charge in [-0.25, -0.2) is 4.98 Å². The van der Waals surface area contributed by atoms with Crippen molar-refractivity contribution in [2.75, 3.05) is 12.8 Å². The Labute approximate surface area is 83.9 Å². The lowest BCUT2D eigenvalue weighted by Gasteiger charge is -2.08. The second kappa shape index (κ2) is 5.29. The number of nitrogens with zero attached hydrogens (tertiary/aromatic N) is 2. The smallest absolute Gasteiger partial charge is 0.167 e. The standard InChI is InChI=1S/C9H17N3S/c1-8(10-2)4-7-13-9-11-5-6-12(9)3/h5-6,8,10H,4,7H2,1-3H3. The fourth-order valence-corrected chi connectivity index (χ4v) is 2.02. The molecule has 0 radical (unpaired) electrons. The van der Waals surface area contributed by atoms with Gasteiger partial charge >= 0.3 is 0 Å². The highest BCUT2D eigenvalue weighted by Crippen LogP contribution is 2.15. The summed E-state index contributed by atoms with van der Waals surface area (Å²) in [6.45, 7) is 2.19. The highest BCUT2D eigenvalue weighted by atomic mass is 32.2. The lowest BCUT2D eigenvalue weighted by Crippen LogP contribution is -2.21. The third-order valence-corrected chi connectivity index (χ3v) is 3.14. The van der Waals surface area contributed by atoms with Gasteiger partial charge in [-0.05, 0) is 20.4 Å². The van der Waals surface area contributed by atoms with Crippen LogP contribution in [0.15, 0.2) is 17.6 Å². The molecule has 0 aliphatic carbocycles. The van der Waals surface area contributed by atoms with Gasteiger partial charge in [0, 0.05) is 31.2 Å². The summed E-state index contributed by atoms with van der Waals surface area (Å²) in [7, 11) is 4.02. The number of thioether (sulfide) groups is 1. The van der Waals surface area contributed by atoms with Gasteiger partial charge in [0.15, 0.2) is 5.16 Å². The van der Waals surface area contributed by atoms with E-state index in [1.54, 1.807) is 0 Å². The Bertz CT molecular complexity index is 247. The van der Waals surface area contributed by atoms with Crippen molar-refractivity contribution < 1.29 is 0 Å². The number of hydrogen-bond acceptors (Lipinski definition) is 3. The molecule has 13 heavy (non-hydrogen) atoms. The van der Waals surface area contributed by atoms with Gasteiger partial charge in [0.2, 0.25) is 0 Å². The molecule has 1 heterocycles. The Balaban J connectivity index is 2.24. The van der Waals surface area contributed by atoms with Crippen LogP contribution in [0, 0.1) is 0 Å². The first-order chi connectivity index (χ1) is 6.24. The van der Waals surface area contributed by atoms with E-state index in [0.29, 0.717) is 6.04 Å². The Morgan fingerprint density at radius 1 is 1.69 bits per heavy atom. The van der Waals surface area contributed by atoms with E-state index in [-0.39, 0.29) is 0 Å². The molecule has 0 saturated heterocycles. The van der Waals surface area contributed by atoms with Crippen molar-refractivity contribution in [1.29, 1.82) is 0 Å². The van der Waals surface area contributed by atoms with Crippen LogP contribution in [0.25, 0.3) is 0 Å². The molecule has 0 aromatic carbocycles. The third kappa shape index (κ3) is 3.40. The SMILES string of the molecule is CNC(C)CCSc1nccn1C. The monoisotopic (exact) mass is 199 g/mol. The van der Waals surface area contributed by atoms with Crippen LogP contribution >= 0.6 is 11.8 Å². The first kappa shape index (κ1) is 10.6. The van der Waals surface area contributed by atoms with Crippen LogP contribution in [-0.2, 0) is 7.05 Å². The largest absolute Gasteiger partial charge is 0.329 e. The molecule has 0 aliphatic heterocycles. The van der Waals surface area contributed by atoms with Crippen molar-refractivity contribution in [2.24, 2.45) is 7.05 Å². The fourth-order valence-electron chi connectivity index (χ4n) is 0.962. The molecular formula is C9H17N3S. The maximum Gasteiger partial charge on any atom is 0.167 e. The minimum Gasteiger partial charge on any atom is -0.329 e. The van der Waals surface area contributed by atoms with E-state index in [1.165, 1.54) is 6.42 Å². The topological polar surface area (TPSA) is 29.9 Å². The summed E-state index contributed by atoms with van der Waals surface area (Å²) in [5.41, 5.74) is 0. The minimum atomic E-state index is 0.591. The van der Waals surface area contributed by atoms with Crippen molar-refractivity contribution in [3.05, 3.63) is 12.4 Å². The molecule has 74 valence electrons. The van der Waals surface area contributed by atoms with Gasteiger partial charge < -0.3 is 9.88 Å². The molecule has 1 aromatic heterocycles. The molecule has 1 aromatic rings. The summed E-state index contributed by atoms with van der Waals surface area (Å²) < 4.78 is 2.05. The molecule has 4 heteroatoms. The van der Waals surface area contributed by atoms with Gasteiger partial charge in [-0.1, -0.05) is 11.8 Å². The summed E-state index contributed by atoms with van der Waals surface area (Å²) in [4.78, 5) is 4.24. The first-order valence-corrected chi connectivity index (χ1v) is 5.50. The average molecular weight is 199 g/mol. The van der Waals surface area contributed by atoms with Gasteiger partial charge in [-0.3, -0.25) is 0 Å². The summed E-state index contributed by atoms with van der Waals surface area (Å²) in [5.74, 6) is 1.12. The Morgan fingerprint density at radius 2 is 2.46 bits per heavy atom. The highest BCUT2D eigenvalue weighted by Gasteiger charge is 2.01. The number of aryl methyl sites for hydroxylation is 1. The summed E-state index contributed by atoms with van der Waals surface area (Å²) in [6, 6.07) is 0.591. The van der Waals surface area contributed by atoms with Gasteiger partial charge in [0.1, 0.15) is 0 Å². The maximum absolute atomic E-state index is 4.24. The van der Waals surface area contributed by atoms with Crippen molar-refractivity contribution in [2.45, 2.75) is 24.5 Å². The quantitative estimate of drug-likeness (QED) is 0.729. The summed E-state index contributed by atoms with van der Waals surface area (Å²) >= 11 is 1.81. The van der Waals surface area contributed by atoms with Crippen molar-refractivity contribution in [3.63, 3.8) is 0 Å². The minimum absolute atomic E-state index is 0.591. The predicted molar refractivity (Wildman–Crippen MR) is 57.1 cm³/mol. The molecule has 0 fully saturated rings. The molecule has 1 N–H and O–H groups in total. The molecular weight excluding hydrogens is 182 g/mol. The van der Waals surface area contributed by atoms with Crippen molar-refractivity contribution in [3.8, 4) is 0 Å². The van der Waals surface area contributed by atoms with Gasteiger partial charge in [0.05, 0.1) is 0 Å².